The van der Waals surface area contributed by atoms with Crippen LogP contribution in [0.5, 0.6) is 0 Å². The molecular formula is C18H20ClFN4O3S. The number of nitrogens with one attached hydrogen (secondary N) is 1. The van der Waals surface area contributed by atoms with Crippen molar-refractivity contribution in [2.45, 2.75) is 45.6 Å². The summed E-state index contributed by atoms with van der Waals surface area (Å²) >= 11 is 5.76. The minimum atomic E-state index is -3.96. The molecule has 0 spiro atoms. The van der Waals surface area contributed by atoms with E-state index in [0.717, 1.165) is 6.07 Å². The quantitative estimate of drug-likeness (QED) is 0.633. The smallest absolute Gasteiger partial charge is 0.264 e. The topological polar surface area (TPSA) is 90.0 Å². The Kier molecular flexibility index (Phi) is 5.49. The van der Waals surface area contributed by atoms with Crippen molar-refractivity contribution < 1.29 is 17.2 Å². The zero-order chi connectivity index (χ0) is 20.6. The standard InChI is InChI=1S/C18H20ClFN4O3S/c1-5-15-21-22-18(27-15)16-10(3)17(11(4)24(16)6-2)28(25,26)23-12-7-8-14(20)13(19)9-12/h7-9,23H,5-6H2,1-4H3. The van der Waals surface area contributed by atoms with Crippen LogP contribution in [0.4, 0.5) is 10.1 Å². The van der Waals surface area contributed by atoms with Crippen LogP contribution in [0.2, 0.25) is 5.02 Å². The maximum Gasteiger partial charge on any atom is 0.264 e. The first-order chi connectivity index (χ1) is 13.2. The Bertz CT molecular complexity index is 1140. The van der Waals surface area contributed by atoms with E-state index >= 15 is 0 Å². The van der Waals surface area contributed by atoms with E-state index in [4.69, 9.17) is 16.0 Å². The van der Waals surface area contributed by atoms with E-state index < -0.39 is 15.8 Å². The Morgan fingerprint density at radius 3 is 2.54 bits per heavy atom. The summed E-state index contributed by atoms with van der Waals surface area (Å²) in [7, 11) is -3.96. The van der Waals surface area contributed by atoms with Crippen molar-refractivity contribution in [3.05, 3.63) is 46.2 Å². The monoisotopic (exact) mass is 426 g/mol. The molecule has 2 aromatic heterocycles. The van der Waals surface area contributed by atoms with Crippen molar-refractivity contribution in [2.24, 2.45) is 0 Å². The van der Waals surface area contributed by atoms with Gasteiger partial charge in [0.05, 0.1) is 10.7 Å². The number of rotatable bonds is 6. The normalized spacial score (nSPS) is 11.8. The second-order valence-corrected chi connectivity index (χ2v) is 8.25. The molecule has 150 valence electrons. The summed E-state index contributed by atoms with van der Waals surface area (Å²) in [5, 5.41) is 7.86. The van der Waals surface area contributed by atoms with Crippen LogP contribution < -0.4 is 4.72 Å². The van der Waals surface area contributed by atoms with Crippen LogP contribution in [0.3, 0.4) is 0 Å². The lowest BCUT2D eigenvalue weighted by Crippen LogP contribution is -2.15. The SMILES string of the molecule is CCc1nnc(-c2c(C)c(S(=O)(=O)Nc3ccc(F)c(Cl)c3)c(C)n2CC)o1. The van der Waals surface area contributed by atoms with Crippen molar-refractivity contribution in [2.75, 3.05) is 4.72 Å². The molecular weight excluding hydrogens is 407 g/mol. The van der Waals surface area contributed by atoms with E-state index in [-0.39, 0.29) is 21.5 Å². The van der Waals surface area contributed by atoms with Gasteiger partial charge in [-0.25, -0.2) is 12.8 Å². The number of hydrogen-bond donors (Lipinski definition) is 1. The lowest BCUT2D eigenvalue weighted by Gasteiger charge is -2.10. The van der Waals surface area contributed by atoms with E-state index in [9.17, 15) is 12.8 Å². The van der Waals surface area contributed by atoms with Crippen LogP contribution in [0.1, 0.15) is 31.0 Å². The molecule has 0 aliphatic carbocycles. The molecule has 0 saturated heterocycles. The molecule has 1 N–H and O–H groups in total. The minimum absolute atomic E-state index is 0.112. The molecule has 10 heteroatoms. The van der Waals surface area contributed by atoms with E-state index in [1.807, 2.05) is 18.4 Å². The highest BCUT2D eigenvalue weighted by Crippen LogP contribution is 2.34. The van der Waals surface area contributed by atoms with E-state index in [1.54, 1.807) is 13.8 Å². The Labute approximate surface area is 167 Å². The van der Waals surface area contributed by atoms with Crippen molar-refractivity contribution >= 4 is 27.3 Å². The molecule has 0 aliphatic rings. The molecule has 3 rings (SSSR count). The van der Waals surface area contributed by atoms with Gasteiger partial charge in [-0.1, -0.05) is 18.5 Å². The molecule has 0 saturated carbocycles. The first-order valence-corrected chi connectivity index (χ1v) is 10.6. The Balaban J connectivity index is 2.11. The highest BCUT2D eigenvalue weighted by molar-refractivity contribution is 7.92. The number of nitrogens with zero attached hydrogens (tertiary/aromatic N) is 3. The largest absolute Gasteiger partial charge is 0.419 e. The lowest BCUT2D eigenvalue weighted by atomic mass is 10.2. The number of sulfonamides is 1. The van der Waals surface area contributed by atoms with Gasteiger partial charge in [-0.15, -0.1) is 10.2 Å². The fourth-order valence-electron chi connectivity index (χ4n) is 3.20. The van der Waals surface area contributed by atoms with Gasteiger partial charge in [0.15, 0.2) is 0 Å². The van der Waals surface area contributed by atoms with Crippen LogP contribution in [0, 0.1) is 19.7 Å². The average Bonchev–Trinajstić information content (AvgIpc) is 3.19. The van der Waals surface area contributed by atoms with Crippen molar-refractivity contribution in [1.82, 2.24) is 14.8 Å². The highest BCUT2D eigenvalue weighted by Gasteiger charge is 2.29. The highest BCUT2D eigenvalue weighted by atomic mass is 35.5. The van der Waals surface area contributed by atoms with Gasteiger partial charge in [0, 0.05) is 24.2 Å². The van der Waals surface area contributed by atoms with E-state index in [1.165, 1.54) is 12.1 Å². The fourth-order valence-corrected chi connectivity index (χ4v) is 4.92. The summed E-state index contributed by atoms with van der Waals surface area (Å²) in [4.78, 5) is 0.112. The number of benzene rings is 1. The molecule has 0 aliphatic heterocycles. The molecule has 0 bridgehead atoms. The predicted octanol–water partition coefficient (Wildman–Crippen LogP) is 4.33. The van der Waals surface area contributed by atoms with Crippen LogP contribution in [0.15, 0.2) is 27.5 Å². The second kappa shape index (κ2) is 7.56. The molecule has 0 unspecified atom stereocenters. The molecule has 0 amide bonds. The summed E-state index contributed by atoms with van der Waals surface area (Å²) in [5.41, 5.74) is 1.75. The van der Waals surface area contributed by atoms with Gasteiger partial charge >= 0.3 is 0 Å². The Hall–Kier alpha value is -2.39. The fraction of sp³-hybridized carbons (Fsp3) is 0.333. The zero-order valence-electron chi connectivity index (χ0n) is 15.9. The molecule has 3 aromatic rings. The first kappa shape index (κ1) is 20.3. The summed E-state index contributed by atoms with van der Waals surface area (Å²) in [6.45, 7) is 7.71. The molecule has 2 heterocycles. The molecule has 0 atom stereocenters. The summed E-state index contributed by atoms with van der Waals surface area (Å²) in [5.74, 6) is 0.115. The molecule has 7 nitrogen and oxygen atoms in total. The van der Waals surface area contributed by atoms with Gasteiger partial charge in [-0.05, 0) is 39.0 Å². The third kappa shape index (κ3) is 3.51. The third-order valence-electron chi connectivity index (χ3n) is 4.43. The second-order valence-electron chi connectivity index (χ2n) is 6.22. The van der Waals surface area contributed by atoms with Crippen LogP contribution in [-0.2, 0) is 23.0 Å². The number of aromatic nitrogens is 3. The van der Waals surface area contributed by atoms with E-state index in [0.29, 0.717) is 35.8 Å². The summed E-state index contributed by atoms with van der Waals surface area (Å²) < 4.78 is 49.5. The number of aryl methyl sites for hydroxylation is 1. The van der Waals surface area contributed by atoms with Crippen molar-refractivity contribution in [3.8, 4) is 11.6 Å². The Morgan fingerprint density at radius 1 is 1.25 bits per heavy atom. The van der Waals surface area contributed by atoms with Crippen LogP contribution >= 0.6 is 11.6 Å². The van der Waals surface area contributed by atoms with Crippen LogP contribution in [0.25, 0.3) is 11.6 Å². The van der Waals surface area contributed by atoms with Gasteiger partial charge in [-0.3, -0.25) is 4.72 Å². The Morgan fingerprint density at radius 2 is 1.96 bits per heavy atom. The van der Waals surface area contributed by atoms with Crippen LogP contribution in [-0.4, -0.2) is 23.2 Å². The minimum Gasteiger partial charge on any atom is -0.419 e. The molecule has 0 fully saturated rings. The van der Waals surface area contributed by atoms with Gasteiger partial charge in [0.25, 0.3) is 15.9 Å². The predicted molar refractivity (Wildman–Crippen MR) is 104 cm³/mol. The zero-order valence-corrected chi connectivity index (χ0v) is 17.4. The summed E-state index contributed by atoms with van der Waals surface area (Å²) in [6, 6.07) is 3.64. The maximum atomic E-state index is 13.4. The van der Waals surface area contributed by atoms with E-state index in [2.05, 4.69) is 14.9 Å². The first-order valence-electron chi connectivity index (χ1n) is 8.69. The molecule has 1 aromatic carbocycles. The lowest BCUT2D eigenvalue weighted by molar-refractivity contribution is 0.507. The van der Waals surface area contributed by atoms with Gasteiger partial charge in [0.2, 0.25) is 5.89 Å². The van der Waals surface area contributed by atoms with Gasteiger partial charge in [0.1, 0.15) is 16.4 Å². The number of halogens is 2. The average molecular weight is 427 g/mol. The molecule has 28 heavy (non-hydrogen) atoms. The maximum absolute atomic E-state index is 13.4. The summed E-state index contributed by atoms with van der Waals surface area (Å²) in [6.07, 6.45) is 0.579. The molecule has 0 radical (unpaired) electrons. The third-order valence-corrected chi connectivity index (χ3v) is 6.36. The van der Waals surface area contributed by atoms with Gasteiger partial charge in [-0.2, -0.15) is 0 Å². The van der Waals surface area contributed by atoms with Crippen molar-refractivity contribution in [3.63, 3.8) is 0 Å². The number of hydrogen-bond acceptors (Lipinski definition) is 5. The van der Waals surface area contributed by atoms with Gasteiger partial charge < -0.3 is 8.98 Å². The van der Waals surface area contributed by atoms with Crippen molar-refractivity contribution in [1.29, 1.82) is 0 Å². The number of anilines is 1.